The van der Waals surface area contributed by atoms with Crippen LogP contribution in [0.3, 0.4) is 0 Å². The second-order valence-corrected chi connectivity index (χ2v) is 6.70. The van der Waals surface area contributed by atoms with Gasteiger partial charge in [-0.3, -0.25) is 4.79 Å². The third-order valence-electron chi connectivity index (χ3n) is 2.66. The quantitative estimate of drug-likeness (QED) is 0.803. The lowest BCUT2D eigenvalue weighted by Gasteiger charge is -2.26. The number of nitrogens with zero attached hydrogens (tertiary/aromatic N) is 3. The van der Waals surface area contributed by atoms with Crippen LogP contribution in [0.2, 0.25) is 0 Å². The summed E-state index contributed by atoms with van der Waals surface area (Å²) in [6.45, 7) is 4.21. The predicted octanol–water partition coefficient (Wildman–Crippen LogP) is 0.560. The molecule has 1 rings (SSSR count). The van der Waals surface area contributed by atoms with E-state index in [0.717, 1.165) is 5.13 Å². The highest BCUT2D eigenvalue weighted by Gasteiger charge is 2.24. The summed E-state index contributed by atoms with van der Waals surface area (Å²) in [5.74, 6) is -0.188. The zero-order valence-electron chi connectivity index (χ0n) is 13.0. The van der Waals surface area contributed by atoms with Crippen LogP contribution >= 0.6 is 11.3 Å². The average Bonchev–Trinajstić information content (AvgIpc) is 2.67. The van der Waals surface area contributed by atoms with Crippen molar-refractivity contribution in [3.8, 4) is 0 Å². The van der Waals surface area contributed by atoms with E-state index in [2.05, 4.69) is 10.3 Å². The third kappa shape index (κ3) is 4.73. The molecule has 20 heavy (non-hydrogen) atoms. The normalized spacial score (nSPS) is 14.2. The second kappa shape index (κ2) is 6.51. The first kappa shape index (κ1) is 16.9. The molecule has 0 aliphatic heterocycles. The minimum atomic E-state index is -0.956. The lowest BCUT2D eigenvalue weighted by atomic mass is 10.1. The van der Waals surface area contributed by atoms with Gasteiger partial charge in [0.1, 0.15) is 4.88 Å². The fourth-order valence-electron chi connectivity index (χ4n) is 1.87. The highest BCUT2D eigenvalue weighted by atomic mass is 32.1. The van der Waals surface area contributed by atoms with Crippen molar-refractivity contribution < 1.29 is 9.90 Å². The molecular formula is C13H24N4O2S. The second-order valence-electron chi connectivity index (χ2n) is 5.72. The first-order valence-electron chi connectivity index (χ1n) is 6.42. The fraction of sp³-hybridized carbons (Fsp3) is 0.692. The highest BCUT2D eigenvalue weighted by molar-refractivity contribution is 7.17. The zero-order valence-corrected chi connectivity index (χ0v) is 13.8. The van der Waals surface area contributed by atoms with Crippen molar-refractivity contribution in [2.75, 3.05) is 46.2 Å². The van der Waals surface area contributed by atoms with Gasteiger partial charge in [-0.1, -0.05) is 11.3 Å². The molecule has 0 bridgehead atoms. The molecule has 1 unspecified atom stereocenters. The molecule has 0 aliphatic carbocycles. The van der Waals surface area contributed by atoms with Crippen molar-refractivity contribution in [2.45, 2.75) is 19.4 Å². The van der Waals surface area contributed by atoms with Gasteiger partial charge in [-0.15, -0.1) is 0 Å². The molecular weight excluding hydrogens is 276 g/mol. The number of rotatable bonds is 6. The Labute approximate surface area is 124 Å². The van der Waals surface area contributed by atoms with Crippen molar-refractivity contribution in [1.82, 2.24) is 15.2 Å². The number of hydrogen-bond donors (Lipinski definition) is 2. The van der Waals surface area contributed by atoms with E-state index in [0.29, 0.717) is 17.1 Å². The molecule has 0 spiro atoms. The van der Waals surface area contributed by atoms with Crippen molar-refractivity contribution >= 4 is 22.4 Å². The maximum atomic E-state index is 12.1. The Morgan fingerprint density at radius 1 is 1.40 bits per heavy atom. The van der Waals surface area contributed by atoms with Crippen LogP contribution in [0.15, 0.2) is 0 Å². The number of aliphatic hydroxyl groups is 1. The van der Waals surface area contributed by atoms with Crippen LogP contribution in [0, 0.1) is 6.92 Å². The Bertz CT molecular complexity index is 469. The van der Waals surface area contributed by atoms with Gasteiger partial charge in [0.25, 0.3) is 5.91 Å². The summed E-state index contributed by atoms with van der Waals surface area (Å²) >= 11 is 1.35. The van der Waals surface area contributed by atoms with Crippen molar-refractivity contribution in [3.63, 3.8) is 0 Å². The van der Waals surface area contributed by atoms with E-state index in [1.54, 1.807) is 6.92 Å². The number of carbonyl (C=O) groups excluding carboxylic acids is 1. The molecule has 0 aliphatic rings. The van der Waals surface area contributed by atoms with E-state index < -0.39 is 5.60 Å². The van der Waals surface area contributed by atoms with Crippen LogP contribution in [0.25, 0.3) is 0 Å². The van der Waals surface area contributed by atoms with Gasteiger partial charge < -0.3 is 20.2 Å². The molecule has 1 atom stereocenters. The van der Waals surface area contributed by atoms with E-state index in [-0.39, 0.29) is 12.5 Å². The molecule has 0 fully saturated rings. The number of aromatic nitrogens is 1. The molecule has 114 valence electrons. The summed E-state index contributed by atoms with van der Waals surface area (Å²) in [5.41, 5.74) is -0.245. The lowest BCUT2D eigenvalue weighted by Crippen LogP contribution is -2.47. The van der Waals surface area contributed by atoms with Gasteiger partial charge in [0.2, 0.25) is 0 Å². The number of likely N-dealkylation sites (N-methyl/N-ethyl adjacent to an activating group) is 1. The Hall–Kier alpha value is -1.18. The van der Waals surface area contributed by atoms with Crippen molar-refractivity contribution in [3.05, 3.63) is 10.6 Å². The van der Waals surface area contributed by atoms with Gasteiger partial charge in [0.15, 0.2) is 5.13 Å². The molecule has 0 saturated carbocycles. The minimum absolute atomic E-state index is 0.188. The monoisotopic (exact) mass is 300 g/mol. The van der Waals surface area contributed by atoms with Crippen LogP contribution in [-0.2, 0) is 0 Å². The molecule has 0 radical (unpaired) electrons. The van der Waals surface area contributed by atoms with Crippen LogP contribution in [0.1, 0.15) is 22.3 Å². The number of hydrogen-bond acceptors (Lipinski definition) is 6. The van der Waals surface area contributed by atoms with E-state index >= 15 is 0 Å². The number of amides is 1. The van der Waals surface area contributed by atoms with Gasteiger partial charge in [-0.2, -0.15) is 0 Å². The first-order chi connectivity index (χ1) is 9.12. The van der Waals surface area contributed by atoms with Crippen LogP contribution in [-0.4, -0.2) is 67.8 Å². The Balaban J connectivity index is 2.68. The Kier molecular flexibility index (Phi) is 5.50. The molecule has 1 amide bonds. The summed E-state index contributed by atoms with van der Waals surface area (Å²) in [5, 5.41) is 13.7. The average molecular weight is 300 g/mol. The van der Waals surface area contributed by atoms with Gasteiger partial charge in [0, 0.05) is 27.2 Å². The third-order valence-corrected chi connectivity index (χ3v) is 3.98. The molecule has 2 N–H and O–H groups in total. The molecule has 0 saturated heterocycles. The summed E-state index contributed by atoms with van der Waals surface area (Å²) < 4.78 is 0. The topological polar surface area (TPSA) is 68.7 Å². The summed E-state index contributed by atoms with van der Waals surface area (Å²) in [6, 6.07) is 0. The molecule has 7 heteroatoms. The number of thiazole rings is 1. The Morgan fingerprint density at radius 3 is 2.45 bits per heavy atom. The van der Waals surface area contributed by atoms with E-state index in [1.807, 2.05) is 44.9 Å². The molecule has 1 aromatic heterocycles. The van der Waals surface area contributed by atoms with Gasteiger partial charge in [0.05, 0.1) is 11.3 Å². The first-order valence-corrected chi connectivity index (χ1v) is 7.24. The molecule has 0 aromatic carbocycles. The van der Waals surface area contributed by atoms with E-state index in [9.17, 15) is 9.90 Å². The molecule has 1 heterocycles. The number of carbonyl (C=O) groups is 1. The minimum Gasteiger partial charge on any atom is -0.387 e. The number of aryl methyl sites for hydroxylation is 1. The smallest absolute Gasteiger partial charge is 0.263 e. The van der Waals surface area contributed by atoms with Crippen molar-refractivity contribution in [1.29, 1.82) is 0 Å². The van der Waals surface area contributed by atoms with Crippen LogP contribution in [0.5, 0.6) is 0 Å². The maximum absolute atomic E-state index is 12.1. The standard InChI is InChI=1S/C13H24N4O2S/c1-9-10(20-12(15-9)17(5)6)11(18)14-7-13(2,19)8-16(3)4/h19H,7-8H2,1-6H3,(H,14,18). The summed E-state index contributed by atoms with van der Waals surface area (Å²) in [7, 11) is 7.55. The summed E-state index contributed by atoms with van der Waals surface area (Å²) in [6.07, 6.45) is 0. The Morgan fingerprint density at radius 2 is 2.00 bits per heavy atom. The zero-order chi connectivity index (χ0) is 15.5. The SMILES string of the molecule is Cc1nc(N(C)C)sc1C(=O)NCC(C)(O)CN(C)C. The van der Waals surface area contributed by atoms with Gasteiger partial charge in [-0.25, -0.2) is 4.98 Å². The summed E-state index contributed by atoms with van der Waals surface area (Å²) in [4.78, 5) is 20.8. The fourth-order valence-corrected chi connectivity index (χ4v) is 2.78. The van der Waals surface area contributed by atoms with E-state index in [4.69, 9.17) is 0 Å². The van der Waals surface area contributed by atoms with Crippen molar-refractivity contribution in [2.24, 2.45) is 0 Å². The van der Waals surface area contributed by atoms with Gasteiger partial charge >= 0.3 is 0 Å². The van der Waals surface area contributed by atoms with Crippen LogP contribution < -0.4 is 10.2 Å². The number of nitrogens with one attached hydrogen (secondary N) is 1. The van der Waals surface area contributed by atoms with E-state index in [1.165, 1.54) is 11.3 Å². The highest BCUT2D eigenvalue weighted by Crippen LogP contribution is 2.24. The molecule has 6 nitrogen and oxygen atoms in total. The molecule has 1 aromatic rings. The maximum Gasteiger partial charge on any atom is 0.263 e. The number of anilines is 1. The lowest BCUT2D eigenvalue weighted by molar-refractivity contribution is 0.0326. The van der Waals surface area contributed by atoms with Crippen LogP contribution in [0.4, 0.5) is 5.13 Å². The predicted molar refractivity (Wildman–Crippen MR) is 82.7 cm³/mol. The van der Waals surface area contributed by atoms with Gasteiger partial charge in [-0.05, 0) is 27.9 Å². The largest absolute Gasteiger partial charge is 0.387 e.